The average molecular weight is 378 g/mol. The molecule has 0 radical (unpaired) electrons. The monoisotopic (exact) mass is 377 g/mol. The number of amides is 1. The molecule has 0 bridgehead atoms. The third-order valence-electron chi connectivity index (χ3n) is 2.99. The normalized spacial score (nSPS) is 10.6. The molecule has 2 aromatic heterocycles. The van der Waals surface area contributed by atoms with Crippen molar-refractivity contribution in [3.05, 3.63) is 36.3 Å². The predicted octanol–water partition coefficient (Wildman–Crippen LogP) is 5.16. The van der Waals surface area contributed by atoms with E-state index in [0.29, 0.717) is 19.2 Å². The first-order valence-corrected chi connectivity index (χ1v) is 8.77. The number of ether oxygens (including phenoxy) is 1. The molecule has 4 nitrogen and oxygen atoms in total. The number of halogens is 2. The van der Waals surface area contributed by atoms with Crippen LogP contribution in [0.25, 0.3) is 0 Å². The molecule has 0 spiro atoms. The lowest BCUT2D eigenvalue weighted by Gasteiger charge is -2.06. The van der Waals surface area contributed by atoms with Crippen molar-refractivity contribution in [1.29, 1.82) is 0 Å². The van der Waals surface area contributed by atoms with Crippen LogP contribution in [0.1, 0.15) is 38.1 Å². The van der Waals surface area contributed by atoms with Gasteiger partial charge in [0.15, 0.2) is 0 Å². The fourth-order valence-electron chi connectivity index (χ4n) is 1.83. The summed E-state index contributed by atoms with van der Waals surface area (Å²) in [5.74, 6) is -0.853. The Bertz CT molecular complexity index is 737. The van der Waals surface area contributed by atoms with Crippen molar-refractivity contribution in [1.82, 2.24) is 0 Å². The van der Waals surface area contributed by atoms with Gasteiger partial charge in [-0.3, -0.25) is 4.79 Å². The average Bonchev–Trinajstić information content (AvgIpc) is 2.90. The number of nitrogens with one attached hydrogen (secondary N) is 1. The number of aryl methyl sites for hydroxylation is 1. The zero-order valence-electron chi connectivity index (χ0n) is 12.1. The highest BCUT2D eigenvalue weighted by Gasteiger charge is 2.23. The Balaban J connectivity index is 2.33. The van der Waals surface area contributed by atoms with Gasteiger partial charge in [0.2, 0.25) is 0 Å². The molecule has 0 saturated carbocycles. The summed E-state index contributed by atoms with van der Waals surface area (Å²) >= 11 is 14.3. The lowest BCUT2D eigenvalue weighted by molar-refractivity contribution is 0.0527. The van der Waals surface area contributed by atoms with Crippen LogP contribution in [0.5, 0.6) is 0 Å². The van der Waals surface area contributed by atoms with Gasteiger partial charge in [-0.1, -0.05) is 23.2 Å². The number of carbonyl (C=O) groups is 2. The van der Waals surface area contributed by atoms with E-state index in [1.54, 1.807) is 6.92 Å². The van der Waals surface area contributed by atoms with Crippen molar-refractivity contribution < 1.29 is 14.3 Å². The fourth-order valence-corrected chi connectivity index (χ4v) is 4.33. The molecular weight excluding hydrogens is 365 g/mol. The maximum Gasteiger partial charge on any atom is 0.341 e. The highest BCUT2D eigenvalue weighted by Crippen LogP contribution is 2.35. The van der Waals surface area contributed by atoms with E-state index < -0.39 is 11.9 Å². The maximum absolute atomic E-state index is 12.3. The molecular formula is C14H13Cl2NO3S2. The standard InChI is InChI=1S/C14H13Cl2NO3S2/c1-4-20-14(19)10-6(2)7(3)21-13(10)17-12(18)8-5-9(15)22-11(8)16/h5H,4H2,1-3H3,(H,17,18). The van der Waals surface area contributed by atoms with Crippen LogP contribution in [-0.2, 0) is 4.74 Å². The minimum atomic E-state index is -0.450. The molecule has 1 N–H and O–H groups in total. The number of anilines is 1. The number of hydrogen-bond donors (Lipinski definition) is 1. The van der Waals surface area contributed by atoms with E-state index in [2.05, 4.69) is 5.32 Å². The van der Waals surface area contributed by atoms with Crippen molar-refractivity contribution in [2.75, 3.05) is 11.9 Å². The van der Waals surface area contributed by atoms with Gasteiger partial charge < -0.3 is 10.1 Å². The first kappa shape index (κ1) is 17.3. The van der Waals surface area contributed by atoms with E-state index in [4.69, 9.17) is 27.9 Å². The molecule has 0 fully saturated rings. The molecule has 0 aliphatic carbocycles. The predicted molar refractivity (Wildman–Crippen MR) is 92.0 cm³/mol. The van der Waals surface area contributed by atoms with Crippen LogP contribution in [-0.4, -0.2) is 18.5 Å². The van der Waals surface area contributed by atoms with Gasteiger partial charge in [0.25, 0.3) is 5.91 Å². The summed E-state index contributed by atoms with van der Waals surface area (Å²) in [6.45, 7) is 5.71. The largest absolute Gasteiger partial charge is 0.462 e. The highest BCUT2D eigenvalue weighted by molar-refractivity contribution is 7.20. The Hall–Kier alpha value is -1.08. The van der Waals surface area contributed by atoms with Crippen molar-refractivity contribution in [3.8, 4) is 0 Å². The van der Waals surface area contributed by atoms with E-state index >= 15 is 0 Å². The quantitative estimate of drug-likeness (QED) is 0.748. The molecule has 0 aliphatic rings. The summed E-state index contributed by atoms with van der Waals surface area (Å²) in [6.07, 6.45) is 0. The van der Waals surface area contributed by atoms with Gasteiger partial charge in [0.1, 0.15) is 9.34 Å². The number of rotatable bonds is 4. The first-order valence-electron chi connectivity index (χ1n) is 6.38. The van der Waals surface area contributed by atoms with E-state index in [1.807, 2.05) is 13.8 Å². The zero-order valence-corrected chi connectivity index (χ0v) is 15.2. The van der Waals surface area contributed by atoms with Gasteiger partial charge in [0.05, 0.1) is 22.1 Å². The van der Waals surface area contributed by atoms with E-state index in [9.17, 15) is 9.59 Å². The molecule has 8 heteroatoms. The molecule has 0 aliphatic heterocycles. The van der Waals surface area contributed by atoms with Crippen LogP contribution < -0.4 is 5.32 Å². The Morgan fingerprint density at radius 2 is 1.95 bits per heavy atom. The van der Waals surface area contributed by atoms with Crippen molar-refractivity contribution in [2.24, 2.45) is 0 Å². The number of thiophene rings is 2. The molecule has 0 saturated heterocycles. The molecule has 2 aromatic rings. The van der Waals surface area contributed by atoms with E-state index in [1.165, 1.54) is 17.4 Å². The van der Waals surface area contributed by atoms with Crippen molar-refractivity contribution in [3.63, 3.8) is 0 Å². The van der Waals surface area contributed by atoms with Gasteiger partial charge in [-0.15, -0.1) is 22.7 Å². The van der Waals surface area contributed by atoms with Crippen molar-refractivity contribution >= 4 is 62.8 Å². The smallest absolute Gasteiger partial charge is 0.341 e. The second kappa shape index (κ2) is 7.00. The maximum atomic E-state index is 12.3. The minimum absolute atomic E-state index is 0.270. The second-order valence-electron chi connectivity index (χ2n) is 4.40. The van der Waals surface area contributed by atoms with Gasteiger partial charge in [-0.2, -0.15) is 0 Å². The highest BCUT2D eigenvalue weighted by atomic mass is 35.5. The summed E-state index contributed by atoms with van der Waals surface area (Å²) in [5, 5.41) is 3.18. The Labute approximate surface area is 146 Å². The number of esters is 1. The molecule has 0 atom stereocenters. The van der Waals surface area contributed by atoms with Crippen LogP contribution in [0.15, 0.2) is 6.07 Å². The molecule has 2 heterocycles. The SMILES string of the molecule is CCOC(=O)c1c(NC(=O)c2cc(Cl)sc2Cl)sc(C)c1C. The molecule has 22 heavy (non-hydrogen) atoms. The summed E-state index contributed by atoms with van der Waals surface area (Å²) in [5.41, 5.74) is 1.47. The Morgan fingerprint density at radius 3 is 2.50 bits per heavy atom. The fraction of sp³-hybridized carbons (Fsp3) is 0.286. The lowest BCUT2D eigenvalue weighted by Crippen LogP contribution is -2.14. The first-order chi connectivity index (χ1) is 10.3. The topological polar surface area (TPSA) is 55.4 Å². The molecule has 0 unspecified atom stereocenters. The molecule has 0 aromatic carbocycles. The zero-order chi connectivity index (χ0) is 16.4. The second-order valence-corrected chi connectivity index (χ2v) is 7.91. The lowest BCUT2D eigenvalue weighted by atomic mass is 10.1. The van der Waals surface area contributed by atoms with Crippen LogP contribution in [0, 0.1) is 13.8 Å². The van der Waals surface area contributed by atoms with Crippen LogP contribution in [0.4, 0.5) is 5.00 Å². The summed E-state index contributed by atoms with van der Waals surface area (Å²) in [6, 6.07) is 1.50. The summed E-state index contributed by atoms with van der Waals surface area (Å²) < 4.78 is 5.79. The van der Waals surface area contributed by atoms with Gasteiger partial charge in [-0.05, 0) is 32.4 Å². The summed E-state index contributed by atoms with van der Waals surface area (Å²) in [7, 11) is 0. The number of carbonyl (C=O) groups excluding carboxylic acids is 2. The third kappa shape index (κ3) is 3.46. The van der Waals surface area contributed by atoms with Gasteiger partial charge >= 0.3 is 5.97 Å². The van der Waals surface area contributed by atoms with Crippen molar-refractivity contribution in [2.45, 2.75) is 20.8 Å². The number of hydrogen-bond acceptors (Lipinski definition) is 5. The van der Waals surface area contributed by atoms with Gasteiger partial charge in [-0.25, -0.2) is 4.79 Å². The van der Waals surface area contributed by atoms with Crippen LogP contribution in [0.3, 0.4) is 0 Å². The molecule has 118 valence electrons. The summed E-state index contributed by atoms with van der Waals surface area (Å²) in [4.78, 5) is 25.3. The van der Waals surface area contributed by atoms with Crippen LogP contribution in [0.2, 0.25) is 8.67 Å². The molecule has 2 rings (SSSR count). The van der Waals surface area contributed by atoms with E-state index in [-0.39, 0.29) is 12.2 Å². The van der Waals surface area contributed by atoms with Crippen LogP contribution >= 0.6 is 45.9 Å². The third-order valence-corrected chi connectivity index (χ3v) is 5.60. The van der Waals surface area contributed by atoms with Gasteiger partial charge in [0, 0.05) is 4.88 Å². The van der Waals surface area contributed by atoms with E-state index in [0.717, 1.165) is 21.8 Å². The Morgan fingerprint density at radius 1 is 1.27 bits per heavy atom. The molecule has 1 amide bonds. The Kier molecular flexibility index (Phi) is 5.50. The minimum Gasteiger partial charge on any atom is -0.462 e.